The second kappa shape index (κ2) is 6.29. The summed E-state index contributed by atoms with van der Waals surface area (Å²) in [5, 5.41) is 0. The predicted octanol–water partition coefficient (Wildman–Crippen LogP) is 0.947. The van der Waals surface area contributed by atoms with Crippen molar-refractivity contribution in [3.63, 3.8) is 0 Å². The molecular weight excluding hydrogens is 274 g/mol. The van der Waals surface area contributed by atoms with Crippen LogP contribution in [0.2, 0.25) is 0 Å². The second-order valence-corrected chi connectivity index (χ2v) is 6.76. The summed E-state index contributed by atoms with van der Waals surface area (Å²) in [5.41, 5.74) is 5.60. The summed E-state index contributed by atoms with van der Waals surface area (Å²) in [6, 6.07) is 2.45. The Kier molecular flexibility index (Phi) is 5.25. The zero-order valence-corrected chi connectivity index (χ0v) is 11.8. The fourth-order valence-electron chi connectivity index (χ4n) is 1.71. The Morgan fingerprint density at radius 2 is 1.79 bits per heavy atom. The van der Waals surface area contributed by atoms with Gasteiger partial charge in [-0.3, -0.25) is 0 Å². The largest absolute Gasteiger partial charge is 0.369 e. The molecule has 0 spiro atoms. The van der Waals surface area contributed by atoms with E-state index in [1.807, 2.05) is 0 Å². The standard InChI is InChI=1S/C12H18F2N2O2S/c1-16(5-6-19(2,17)18)12-10(13)7-9(3-4-15)8-11(12)14/h7-8H,3-6,15H2,1-2H3. The number of sulfone groups is 1. The summed E-state index contributed by atoms with van der Waals surface area (Å²) in [4.78, 5) is 1.26. The number of halogens is 2. The lowest BCUT2D eigenvalue weighted by molar-refractivity contribution is 0.572. The first kappa shape index (κ1) is 15.8. The number of nitrogens with zero attached hydrogens (tertiary/aromatic N) is 1. The van der Waals surface area contributed by atoms with E-state index in [0.717, 1.165) is 6.26 Å². The molecule has 1 aromatic carbocycles. The highest BCUT2D eigenvalue weighted by Crippen LogP contribution is 2.24. The van der Waals surface area contributed by atoms with E-state index in [4.69, 9.17) is 5.73 Å². The van der Waals surface area contributed by atoms with Crippen LogP contribution in [0, 0.1) is 11.6 Å². The molecule has 1 aromatic rings. The van der Waals surface area contributed by atoms with Crippen LogP contribution in [0.5, 0.6) is 0 Å². The molecule has 0 bridgehead atoms. The average Bonchev–Trinajstić information content (AvgIpc) is 2.25. The van der Waals surface area contributed by atoms with E-state index in [0.29, 0.717) is 18.5 Å². The van der Waals surface area contributed by atoms with Gasteiger partial charge >= 0.3 is 0 Å². The maximum absolute atomic E-state index is 13.8. The van der Waals surface area contributed by atoms with Gasteiger partial charge in [0.1, 0.15) is 27.2 Å². The van der Waals surface area contributed by atoms with Crippen LogP contribution in [0.4, 0.5) is 14.5 Å². The molecule has 108 valence electrons. The van der Waals surface area contributed by atoms with Crippen LogP contribution in [0.1, 0.15) is 5.56 Å². The highest BCUT2D eigenvalue weighted by molar-refractivity contribution is 7.90. The van der Waals surface area contributed by atoms with Gasteiger partial charge in [0.25, 0.3) is 0 Å². The van der Waals surface area contributed by atoms with Gasteiger partial charge in [-0.25, -0.2) is 17.2 Å². The van der Waals surface area contributed by atoms with Crippen molar-refractivity contribution in [2.24, 2.45) is 5.73 Å². The highest BCUT2D eigenvalue weighted by Gasteiger charge is 2.16. The predicted molar refractivity (Wildman–Crippen MR) is 72.1 cm³/mol. The Labute approximate surface area is 112 Å². The van der Waals surface area contributed by atoms with Gasteiger partial charge in [0.05, 0.1) is 5.75 Å². The first-order valence-electron chi connectivity index (χ1n) is 5.81. The first-order valence-corrected chi connectivity index (χ1v) is 7.87. The van der Waals surface area contributed by atoms with Crippen LogP contribution in [0.15, 0.2) is 12.1 Å². The van der Waals surface area contributed by atoms with Crippen molar-refractivity contribution in [3.8, 4) is 0 Å². The van der Waals surface area contributed by atoms with E-state index in [2.05, 4.69) is 0 Å². The molecule has 7 heteroatoms. The molecular formula is C12H18F2N2O2S. The minimum absolute atomic E-state index is 0.0307. The normalized spacial score (nSPS) is 11.6. The third kappa shape index (κ3) is 4.76. The lowest BCUT2D eigenvalue weighted by Crippen LogP contribution is -2.26. The van der Waals surface area contributed by atoms with Gasteiger partial charge in [0.2, 0.25) is 0 Å². The van der Waals surface area contributed by atoms with Crippen LogP contribution >= 0.6 is 0 Å². The number of hydrogen-bond acceptors (Lipinski definition) is 4. The molecule has 19 heavy (non-hydrogen) atoms. The van der Waals surface area contributed by atoms with Crippen molar-refractivity contribution in [1.82, 2.24) is 0 Å². The van der Waals surface area contributed by atoms with Crippen molar-refractivity contribution in [2.45, 2.75) is 6.42 Å². The van der Waals surface area contributed by atoms with Gasteiger partial charge in [-0.15, -0.1) is 0 Å². The topological polar surface area (TPSA) is 63.4 Å². The summed E-state index contributed by atoms with van der Waals surface area (Å²) in [6.45, 7) is 0.338. The molecule has 0 fully saturated rings. The molecule has 0 aromatic heterocycles. The molecule has 0 radical (unpaired) electrons. The van der Waals surface area contributed by atoms with Crippen LogP contribution in [-0.4, -0.2) is 40.6 Å². The van der Waals surface area contributed by atoms with Crippen LogP contribution in [0.3, 0.4) is 0 Å². The molecule has 2 N–H and O–H groups in total. The van der Waals surface area contributed by atoms with Crippen molar-refractivity contribution in [1.29, 1.82) is 0 Å². The minimum Gasteiger partial charge on any atom is -0.369 e. The molecule has 0 aliphatic heterocycles. The van der Waals surface area contributed by atoms with Crippen molar-refractivity contribution >= 4 is 15.5 Å². The summed E-state index contributed by atoms with van der Waals surface area (Å²) in [5.74, 6) is -1.58. The molecule has 4 nitrogen and oxygen atoms in total. The smallest absolute Gasteiger partial charge is 0.149 e. The Balaban J connectivity index is 2.94. The van der Waals surface area contributed by atoms with E-state index in [1.54, 1.807) is 0 Å². The van der Waals surface area contributed by atoms with Crippen LogP contribution in [0.25, 0.3) is 0 Å². The third-order valence-corrected chi connectivity index (χ3v) is 3.61. The molecule has 0 aliphatic rings. The Morgan fingerprint density at radius 1 is 1.26 bits per heavy atom. The minimum atomic E-state index is -3.17. The molecule has 0 saturated heterocycles. The number of rotatable bonds is 6. The van der Waals surface area contributed by atoms with E-state index < -0.39 is 21.5 Å². The number of benzene rings is 1. The first-order chi connectivity index (χ1) is 8.74. The zero-order chi connectivity index (χ0) is 14.6. The number of anilines is 1. The highest BCUT2D eigenvalue weighted by atomic mass is 32.2. The summed E-state index contributed by atoms with van der Waals surface area (Å²) >= 11 is 0. The SMILES string of the molecule is CN(CCS(C)(=O)=O)c1c(F)cc(CCN)cc1F. The van der Waals surface area contributed by atoms with Crippen LogP contribution < -0.4 is 10.6 Å². The fourth-order valence-corrected chi connectivity index (χ4v) is 2.31. The zero-order valence-electron chi connectivity index (χ0n) is 11.0. The van der Waals surface area contributed by atoms with Crippen molar-refractivity contribution in [3.05, 3.63) is 29.3 Å². The molecule has 0 aliphatic carbocycles. The molecule has 0 amide bonds. The van der Waals surface area contributed by atoms with E-state index in [-0.39, 0.29) is 18.0 Å². The van der Waals surface area contributed by atoms with Gasteiger partial charge in [-0.2, -0.15) is 0 Å². The summed E-state index contributed by atoms with van der Waals surface area (Å²) < 4.78 is 49.8. The van der Waals surface area contributed by atoms with E-state index in [9.17, 15) is 17.2 Å². The van der Waals surface area contributed by atoms with Gasteiger partial charge < -0.3 is 10.6 Å². The Bertz CT molecular complexity index is 524. The maximum Gasteiger partial charge on any atom is 0.149 e. The second-order valence-electron chi connectivity index (χ2n) is 4.50. The van der Waals surface area contributed by atoms with E-state index in [1.165, 1.54) is 24.1 Å². The molecule has 0 unspecified atom stereocenters. The van der Waals surface area contributed by atoms with Gasteiger partial charge in [-0.1, -0.05) is 0 Å². The third-order valence-electron chi connectivity index (χ3n) is 2.69. The lowest BCUT2D eigenvalue weighted by Gasteiger charge is -2.20. The monoisotopic (exact) mass is 292 g/mol. The van der Waals surface area contributed by atoms with Gasteiger partial charge in [-0.05, 0) is 30.7 Å². The molecule has 0 atom stereocenters. The summed E-state index contributed by atoms with van der Waals surface area (Å²) in [7, 11) is -1.72. The van der Waals surface area contributed by atoms with Gasteiger partial charge in [0, 0.05) is 19.8 Å². The number of hydrogen-bond donors (Lipinski definition) is 1. The maximum atomic E-state index is 13.8. The summed E-state index contributed by atoms with van der Waals surface area (Å²) in [6.07, 6.45) is 1.47. The van der Waals surface area contributed by atoms with E-state index >= 15 is 0 Å². The van der Waals surface area contributed by atoms with Crippen molar-refractivity contribution in [2.75, 3.05) is 37.0 Å². The number of nitrogens with two attached hydrogens (primary N) is 1. The molecule has 1 rings (SSSR count). The fraction of sp³-hybridized carbons (Fsp3) is 0.500. The van der Waals surface area contributed by atoms with Crippen molar-refractivity contribution < 1.29 is 17.2 Å². The van der Waals surface area contributed by atoms with Crippen LogP contribution in [-0.2, 0) is 16.3 Å². The lowest BCUT2D eigenvalue weighted by atomic mass is 10.1. The Hall–Kier alpha value is -1.21. The Morgan fingerprint density at radius 3 is 2.21 bits per heavy atom. The quantitative estimate of drug-likeness (QED) is 0.848. The molecule has 0 heterocycles. The molecule has 0 saturated carbocycles. The average molecular weight is 292 g/mol. The van der Waals surface area contributed by atoms with Gasteiger partial charge in [0.15, 0.2) is 0 Å².